The van der Waals surface area contributed by atoms with Gasteiger partial charge in [0.2, 0.25) is 5.13 Å². The smallest absolute Gasteiger partial charge is 0.261 e. The van der Waals surface area contributed by atoms with Crippen molar-refractivity contribution in [3.8, 4) is 0 Å². The second kappa shape index (κ2) is 5.72. The maximum Gasteiger partial charge on any atom is 0.261 e. The van der Waals surface area contributed by atoms with E-state index in [2.05, 4.69) is 25.9 Å². The fourth-order valence-electron chi connectivity index (χ4n) is 1.47. The highest BCUT2D eigenvalue weighted by atomic mass is 32.1. The minimum Gasteiger partial charge on any atom is -0.323 e. The van der Waals surface area contributed by atoms with E-state index in [9.17, 15) is 4.79 Å². The molecular formula is C11H14N6OS. The molecule has 2 rings (SSSR count). The summed E-state index contributed by atoms with van der Waals surface area (Å²) in [5.41, 5.74) is 4.14. The molecule has 4 N–H and O–H groups in total. The lowest BCUT2D eigenvalue weighted by molar-refractivity contribution is 0.102. The number of pyridine rings is 1. The first-order valence-electron chi connectivity index (χ1n) is 5.71. The maximum absolute atomic E-state index is 12.1. The van der Waals surface area contributed by atoms with E-state index in [-0.39, 0.29) is 5.91 Å². The van der Waals surface area contributed by atoms with E-state index in [0.29, 0.717) is 16.4 Å². The van der Waals surface area contributed by atoms with Gasteiger partial charge in [-0.2, -0.15) is 0 Å². The number of hydrazine groups is 1. The second-order valence-electron chi connectivity index (χ2n) is 3.82. The Morgan fingerprint density at radius 1 is 1.47 bits per heavy atom. The van der Waals surface area contributed by atoms with Gasteiger partial charge in [-0.1, -0.05) is 18.3 Å². The number of carbonyl (C=O) groups is 1. The molecule has 100 valence electrons. The van der Waals surface area contributed by atoms with Crippen molar-refractivity contribution in [3.05, 3.63) is 28.5 Å². The summed E-state index contributed by atoms with van der Waals surface area (Å²) in [5, 5.41) is 11.8. The summed E-state index contributed by atoms with van der Waals surface area (Å²) in [5.74, 6) is 5.07. The van der Waals surface area contributed by atoms with Crippen LogP contribution in [0, 0.1) is 6.92 Å². The lowest BCUT2D eigenvalue weighted by Crippen LogP contribution is -2.17. The third-order valence-corrected chi connectivity index (χ3v) is 3.41. The van der Waals surface area contributed by atoms with Crippen LogP contribution in [-0.4, -0.2) is 21.1 Å². The van der Waals surface area contributed by atoms with Crippen molar-refractivity contribution >= 4 is 28.1 Å². The molecular weight excluding hydrogens is 264 g/mol. The largest absolute Gasteiger partial charge is 0.323 e. The van der Waals surface area contributed by atoms with E-state index in [1.807, 2.05) is 13.8 Å². The highest BCUT2D eigenvalue weighted by Crippen LogP contribution is 2.19. The monoisotopic (exact) mass is 278 g/mol. The van der Waals surface area contributed by atoms with Crippen molar-refractivity contribution in [1.82, 2.24) is 15.2 Å². The highest BCUT2D eigenvalue weighted by molar-refractivity contribution is 7.15. The van der Waals surface area contributed by atoms with Crippen LogP contribution in [0.5, 0.6) is 0 Å². The first-order chi connectivity index (χ1) is 9.13. The van der Waals surface area contributed by atoms with Gasteiger partial charge in [-0.15, -0.1) is 10.2 Å². The molecule has 0 saturated heterocycles. The topological polar surface area (TPSA) is 106 Å². The molecule has 0 radical (unpaired) electrons. The molecule has 2 aromatic heterocycles. The first-order valence-corrected chi connectivity index (χ1v) is 6.52. The zero-order valence-corrected chi connectivity index (χ0v) is 11.4. The number of nitrogens with zero attached hydrogens (tertiary/aromatic N) is 3. The summed E-state index contributed by atoms with van der Waals surface area (Å²) >= 11 is 1.35. The average Bonchev–Trinajstić information content (AvgIpc) is 2.86. The van der Waals surface area contributed by atoms with Crippen LogP contribution in [-0.2, 0) is 6.42 Å². The molecule has 2 heterocycles. The number of anilines is 2. The van der Waals surface area contributed by atoms with E-state index in [0.717, 1.165) is 17.1 Å². The minimum absolute atomic E-state index is 0.320. The summed E-state index contributed by atoms with van der Waals surface area (Å²) < 4.78 is 0. The molecule has 0 aliphatic carbocycles. The molecule has 0 spiro atoms. The molecule has 19 heavy (non-hydrogen) atoms. The van der Waals surface area contributed by atoms with Crippen LogP contribution in [0.4, 0.5) is 10.8 Å². The minimum atomic E-state index is -0.320. The molecule has 0 aromatic carbocycles. The summed E-state index contributed by atoms with van der Waals surface area (Å²) in [7, 11) is 0. The normalized spacial score (nSPS) is 10.3. The lowest BCUT2D eigenvalue weighted by atomic mass is 10.2. The molecule has 0 aliphatic rings. The van der Waals surface area contributed by atoms with Gasteiger partial charge in [0.05, 0.1) is 11.3 Å². The Labute approximate surface area is 114 Å². The molecule has 0 fully saturated rings. The fraction of sp³-hybridized carbons (Fsp3) is 0.273. The number of carbonyl (C=O) groups excluding carboxylic acids is 1. The molecule has 0 bridgehead atoms. The standard InChI is InChI=1S/C11H14N6OS/c1-3-9-16-17-11(19-9)14-10(18)7-5-13-6(2)4-8(7)15-12/h4-5H,3,12H2,1-2H3,(H,13,15)(H,14,17,18). The van der Waals surface area contributed by atoms with Gasteiger partial charge in [0.15, 0.2) is 0 Å². The highest BCUT2D eigenvalue weighted by Gasteiger charge is 2.14. The quantitative estimate of drug-likeness (QED) is 0.575. The van der Waals surface area contributed by atoms with Gasteiger partial charge in [-0.05, 0) is 19.4 Å². The molecule has 1 amide bonds. The van der Waals surface area contributed by atoms with Crippen LogP contribution in [0.1, 0.15) is 28.0 Å². The van der Waals surface area contributed by atoms with Crippen molar-refractivity contribution in [1.29, 1.82) is 0 Å². The van der Waals surface area contributed by atoms with Crippen LogP contribution in [0.15, 0.2) is 12.3 Å². The summed E-state index contributed by atoms with van der Waals surface area (Å²) in [6.45, 7) is 3.80. The van der Waals surface area contributed by atoms with E-state index in [4.69, 9.17) is 5.84 Å². The molecule has 0 unspecified atom stereocenters. The maximum atomic E-state index is 12.1. The van der Waals surface area contributed by atoms with Crippen LogP contribution in [0.25, 0.3) is 0 Å². The lowest BCUT2D eigenvalue weighted by Gasteiger charge is -2.08. The molecule has 0 atom stereocenters. The number of amides is 1. The van der Waals surface area contributed by atoms with Crippen LogP contribution in [0.3, 0.4) is 0 Å². The number of hydrogen-bond donors (Lipinski definition) is 3. The second-order valence-corrected chi connectivity index (χ2v) is 4.89. The molecule has 8 heteroatoms. The molecule has 7 nitrogen and oxygen atoms in total. The number of nitrogens with one attached hydrogen (secondary N) is 2. The van der Waals surface area contributed by atoms with E-state index < -0.39 is 0 Å². The Kier molecular flexibility index (Phi) is 4.03. The van der Waals surface area contributed by atoms with Crippen LogP contribution >= 0.6 is 11.3 Å². The van der Waals surface area contributed by atoms with Gasteiger partial charge in [0.25, 0.3) is 5.91 Å². The zero-order valence-electron chi connectivity index (χ0n) is 10.6. The Morgan fingerprint density at radius 3 is 2.89 bits per heavy atom. The SMILES string of the molecule is CCc1nnc(NC(=O)c2cnc(C)cc2NN)s1. The number of aromatic nitrogens is 3. The van der Waals surface area contributed by atoms with Crippen molar-refractivity contribution in [2.45, 2.75) is 20.3 Å². The van der Waals surface area contributed by atoms with E-state index in [1.165, 1.54) is 17.5 Å². The van der Waals surface area contributed by atoms with E-state index >= 15 is 0 Å². The van der Waals surface area contributed by atoms with Crippen LogP contribution < -0.4 is 16.6 Å². The fourth-order valence-corrected chi connectivity index (χ4v) is 2.15. The zero-order chi connectivity index (χ0) is 13.8. The predicted octanol–water partition coefficient (Wildman–Crippen LogP) is 1.34. The van der Waals surface area contributed by atoms with Gasteiger partial charge in [0, 0.05) is 11.9 Å². The van der Waals surface area contributed by atoms with Gasteiger partial charge in [-0.25, -0.2) is 0 Å². The summed E-state index contributed by atoms with van der Waals surface area (Å²) in [6, 6.07) is 1.70. The Balaban J connectivity index is 2.20. The number of aryl methyl sites for hydroxylation is 2. The van der Waals surface area contributed by atoms with Crippen molar-refractivity contribution in [2.75, 3.05) is 10.7 Å². The predicted molar refractivity (Wildman–Crippen MR) is 74.0 cm³/mol. The van der Waals surface area contributed by atoms with Gasteiger partial charge in [-0.3, -0.25) is 20.9 Å². The van der Waals surface area contributed by atoms with Gasteiger partial charge in [0.1, 0.15) is 5.01 Å². The van der Waals surface area contributed by atoms with Gasteiger partial charge >= 0.3 is 0 Å². The molecule has 0 aliphatic heterocycles. The van der Waals surface area contributed by atoms with Crippen molar-refractivity contribution in [2.24, 2.45) is 5.84 Å². The molecule has 2 aromatic rings. The van der Waals surface area contributed by atoms with Crippen molar-refractivity contribution < 1.29 is 4.79 Å². The first kappa shape index (κ1) is 13.4. The number of nitrogen functional groups attached to an aromatic ring is 1. The number of hydrogen-bond acceptors (Lipinski definition) is 7. The van der Waals surface area contributed by atoms with Crippen LogP contribution in [0.2, 0.25) is 0 Å². The molecule has 0 saturated carbocycles. The Bertz CT molecular complexity index is 597. The van der Waals surface area contributed by atoms with E-state index in [1.54, 1.807) is 6.07 Å². The third kappa shape index (κ3) is 3.04. The number of rotatable bonds is 4. The Hall–Kier alpha value is -2.06. The number of nitrogens with two attached hydrogens (primary N) is 1. The summed E-state index contributed by atoms with van der Waals surface area (Å²) in [4.78, 5) is 16.2. The summed E-state index contributed by atoms with van der Waals surface area (Å²) in [6.07, 6.45) is 2.26. The van der Waals surface area contributed by atoms with Crippen molar-refractivity contribution in [3.63, 3.8) is 0 Å². The Morgan fingerprint density at radius 2 is 2.26 bits per heavy atom. The van der Waals surface area contributed by atoms with Gasteiger partial charge < -0.3 is 5.43 Å². The third-order valence-electron chi connectivity index (χ3n) is 2.43. The average molecular weight is 278 g/mol.